The maximum Gasteiger partial charge on any atom is 0.253 e. The molecule has 0 N–H and O–H groups in total. The predicted molar refractivity (Wildman–Crippen MR) is 105 cm³/mol. The minimum atomic E-state index is 0.0906. The first-order chi connectivity index (χ1) is 12.6. The summed E-state index contributed by atoms with van der Waals surface area (Å²) in [5, 5.41) is 1.12. The Balaban J connectivity index is 1.59. The van der Waals surface area contributed by atoms with E-state index in [2.05, 4.69) is 35.1 Å². The van der Waals surface area contributed by atoms with Crippen molar-refractivity contribution in [2.24, 2.45) is 0 Å². The van der Waals surface area contributed by atoms with Crippen molar-refractivity contribution in [1.29, 1.82) is 0 Å². The molecule has 0 spiro atoms. The molecule has 1 aliphatic heterocycles. The molecule has 4 rings (SSSR count). The van der Waals surface area contributed by atoms with Gasteiger partial charge in [0.25, 0.3) is 5.91 Å². The lowest BCUT2D eigenvalue weighted by atomic mass is 10.0. The number of benzene rings is 2. The molecule has 26 heavy (non-hydrogen) atoms. The van der Waals surface area contributed by atoms with E-state index in [0.717, 1.165) is 47.1 Å². The zero-order valence-corrected chi connectivity index (χ0v) is 15.2. The third kappa shape index (κ3) is 3.08. The van der Waals surface area contributed by atoms with Crippen LogP contribution in [0.4, 0.5) is 0 Å². The largest absolute Gasteiger partial charge is 0.337 e. The number of aromatic nitrogens is 1. The highest BCUT2D eigenvalue weighted by molar-refractivity contribution is 5.96. The summed E-state index contributed by atoms with van der Waals surface area (Å²) in [6, 6.07) is 18.4. The lowest BCUT2D eigenvalue weighted by molar-refractivity contribution is 0.0737. The van der Waals surface area contributed by atoms with Gasteiger partial charge in [-0.25, -0.2) is 0 Å². The number of hydrogen-bond acceptors (Lipinski definition) is 3. The van der Waals surface area contributed by atoms with Crippen LogP contribution in [-0.4, -0.2) is 53.9 Å². The number of carbonyl (C=O) groups excluding carboxylic acids is 1. The summed E-state index contributed by atoms with van der Waals surface area (Å²) in [4.78, 5) is 21.5. The van der Waals surface area contributed by atoms with E-state index in [-0.39, 0.29) is 5.91 Å². The number of para-hydroxylation sites is 1. The van der Waals surface area contributed by atoms with Gasteiger partial charge in [-0.1, -0.05) is 36.4 Å². The van der Waals surface area contributed by atoms with Crippen LogP contribution in [-0.2, 0) is 0 Å². The maximum absolute atomic E-state index is 12.8. The van der Waals surface area contributed by atoms with Crippen molar-refractivity contribution in [3.05, 3.63) is 66.4 Å². The smallest absolute Gasteiger partial charge is 0.253 e. The number of amides is 1. The second-order valence-electron chi connectivity index (χ2n) is 7.08. The van der Waals surface area contributed by atoms with Crippen molar-refractivity contribution in [1.82, 2.24) is 14.8 Å². The van der Waals surface area contributed by atoms with Crippen LogP contribution < -0.4 is 0 Å². The van der Waals surface area contributed by atoms with Crippen molar-refractivity contribution < 1.29 is 4.79 Å². The van der Waals surface area contributed by atoms with Crippen molar-refractivity contribution in [3.8, 4) is 11.1 Å². The molecule has 1 atom stereocenters. The van der Waals surface area contributed by atoms with Gasteiger partial charge >= 0.3 is 0 Å². The predicted octanol–water partition coefficient (Wildman–Crippen LogP) is 3.68. The van der Waals surface area contributed by atoms with Gasteiger partial charge in [0.2, 0.25) is 0 Å². The number of likely N-dealkylation sites (N-methyl/N-ethyl adjacent to an activating group) is 2. The van der Waals surface area contributed by atoms with Gasteiger partial charge in [0.15, 0.2) is 0 Å². The Hall–Kier alpha value is -2.72. The Morgan fingerprint density at radius 1 is 1.12 bits per heavy atom. The minimum absolute atomic E-state index is 0.0906. The third-order valence-corrected chi connectivity index (χ3v) is 5.31. The highest BCUT2D eigenvalue weighted by Gasteiger charge is 2.26. The topological polar surface area (TPSA) is 36.4 Å². The summed E-state index contributed by atoms with van der Waals surface area (Å²) in [7, 11) is 4.01. The Labute approximate surface area is 154 Å². The molecule has 2 heterocycles. The Morgan fingerprint density at radius 2 is 1.88 bits per heavy atom. The van der Waals surface area contributed by atoms with E-state index < -0.39 is 0 Å². The molecule has 0 aliphatic carbocycles. The van der Waals surface area contributed by atoms with Crippen molar-refractivity contribution in [3.63, 3.8) is 0 Å². The highest BCUT2D eigenvalue weighted by Crippen LogP contribution is 2.27. The second-order valence-corrected chi connectivity index (χ2v) is 7.08. The van der Waals surface area contributed by atoms with E-state index in [9.17, 15) is 4.79 Å². The molecule has 2 aromatic carbocycles. The van der Waals surface area contributed by atoms with Crippen LogP contribution in [0.5, 0.6) is 0 Å². The number of nitrogens with zero attached hydrogens (tertiary/aromatic N) is 3. The number of hydrogen-bond donors (Lipinski definition) is 0. The fraction of sp³-hybridized carbons (Fsp3) is 0.273. The van der Waals surface area contributed by atoms with Crippen molar-refractivity contribution in [2.45, 2.75) is 12.5 Å². The van der Waals surface area contributed by atoms with Gasteiger partial charge in [0.1, 0.15) is 0 Å². The first-order valence-electron chi connectivity index (χ1n) is 9.03. The number of fused-ring (bicyclic) bond motifs is 1. The van der Waals surface area contributed by atoms with E-state index in [4.69, 9.17) is 0 Å². The van der Waals surface area contributed by atoms with Crippen LogP contribution >= 0.6 is 0 Å². The monoisotopic (exact) mass is 345 g/mol. The van der Waals surface area contributed by atoms with Crippen LogP contribution in [0, 0.1) is 0 Å². The van der Waals surface area contributed by atoms with Gasteiger partial charge in [-0.3, -0.25) is 9.78 Å². The minimum Gasteiger partial charge on any atom is -0.337 e. The molecule has 1 saturated heterocycles. The van der Waals surface area contributed by atoms with E-state index in [1.807, 2.05) is 54.5 Å². The maximum atomic E-state index is 12.8. The Bertz CT molecular complexity index is 930. The molecular weight excluding hydrogens is 322 g/mol. The van der Waals surface area contributed by atoms with E-state index >= 15 is 0 Å². The molecule has 1 amide bonds. The molecule has 0 bridgehead atoms. The fourth-order valence-corrected chi connectivity index (χ4v) is 3.73. The molecule has 1 aliphatic rings. The Kier molecular flexibility index (Phi) is 4.43. The number of carbonyl (C=O) groups is 1. The molecule has 1 aromatic heterocycles. The van der Waals surface area contributed by atoms with Crippen LogP contribution in [0.15, 0.2) is 60.8 Å². The highest BCUT2D eigenvalue weighted by atomic mass is 16.2. The van der Waals surface area contributed by atoms with Gasteiger partial charge in [0.05, 0.1) is 5.52 Å². The number of pyridine rings is 1. The number of rotatable bonds is 3. The fourth-order valence-electron chi connectivity index (χ4n) is 3.73. The van der Waals surface area contributed by atoms with Crippen LogP contribution in [0.1, 0.15) is 16.8 Å². The molecule has 4 nitrogen and oxygen atoms in total. The summed E-state index contributed by atoms with van der Waals surface area (Å²) in [6.07, 6.45) is 2.86. The molecule has 0 radical (unpaired) electrons. The summed E-state index contributed by atoms with van der Waals surface area (Å²) in [5.74, 6) is 0.0906. The van der Waals surface area contributed by atoms with Crippen molar-refractivity contribution >= 4 is 16.8 Å². The van der Waals surface area contributed by atoms with E-state index in [1.165, 1.54) is 0 Å². The second kappa shape index (κ2) is 6.89. The zero-order valence-electron chi connectivity index (χ0n) is 15.2. The third-order valence-electron chi connectivity index (χ3n) is 5.31. The summed E-state index contributed by atoms with van der Waals surface area (Å²) in [5.41, 5.74) is 3.89. The Morgan fingerprint density at radius 3 is 2.62 bits per heavy atom. The summed E-state index contributed by atoms with van der Waals surface area (Å²) >= 11 is 0. The molecular formula is C22H23N3O. The SMILES string of the molecule is CN1CCC(N(C)C(=O)c2ccc(-c3cccc4cccnc34)cc2)C1. The molecule has 4 heteroatoms. The summed E-state index contributed by atoms with van der Waals surface area (Å²) < 4.78 is 0. The van der Waals surface area contributed by atoms with Gasteiger partial charge in [-0.15, -0.1) is 0 Å². The quantitative estimate of drug-likeness (QED) is 0.727. The molecule has 1 fully saturated rings. The normalized spacial score (nSPS) is 17.5. The van der Waals surface area contributed by atoms with Gasteiger partial charge in [-0.2, -0.15) is 0 Å². The van der Waals surface area contributed by atoms with E-state index in [0.29, 0.717) is 6.04 Å². The van der Waals surface area contributed by atoms with Crippen LogP contribution in [0.3, 0.4) is 0 Å². The average Bonchev–Trinajstić information content (AvgIpc) is 3.13. The first-order valence-corrected chi connectivity index (χ1v) is 9.03. The lowest BCUT2D eigenvalue weighted by Crippen LogP contribution is -2.38. The van der Waals surface area contributed by atoms with Crippen LogP contribution in [0.2, 0.25) is 0 Å². The van der Waals surface area contributed by atoms with Gasteiger partial charge < -0.3 is 9.80 Å². The molecule has 132 valence electrons. The van der Waals surface area contributed by atoms with Crippen LogP contribution in [0.25, 0.3) is 22.0 Å². The van der Waals surface area contributed by atoms with Gasteiger partial charge in [0, 0.05) is 42.3 Å². The van der Waals surface area contributed by atoms with Gasteiger partial charge in [-0.05, 0) is 43.8 Å². The van der Waals surface area contributed by atoms with E-state index in [1.54, 1.807) is 0 Å². The molecule has 3 aromatic rings. The van der Waals surface area contributed by atoms with Crippen molar-refractivity contribution in [2.75, 3.05) is 27.2 Å². The lowest BCUT2D eigenvalue weighted by Gasteiger charge is -2.24. The number of likely N-dealkylation sites (tertiary alicyclic amines) is 1. The summed E-state index contributed by atoms with van der Waals surface area (Å²) in [6.45, 7) is 2.00. The zero-order chi connectivity index (χ0) is 18.1. The first kappa shape index (κ1) is 16.7. The molecule has 0 saturated carbocycles. The molecule has 1 unspecified atom stereocenters. The standard InChI is InChI=1S/C22H23N3O/c1-24-14-12-19(15-24)25(2)22(26)18-10-8-16(9-11-18)20-7-3-5-17-6-4-13-23-21(17)20/h3-11,13,19H,12,14-15H2,1-2H3. The average molecular weight is 345 g/mol.